The van der Waals surface area contributed by atoms with Gasteiger partial charge < -0.3 is 19.6 Å². The molecule has 156 valence electrons. The van der Waals surface area contributed by atoms with Crippen molar-refractivity contribution in [1.29, 1.82) is 0 Å². The van der Waals surface area contributed by atoms with Gasteiger partial charge in [-0.25, -0.2) is 0 Å². The molecule has 0 saturated carbocycles. The van der Waals surface area contributed by atoms with Gasteiger partial charge in [-0.05, 0) is 12.5 Å². The van der Waals surface area contributed by atoms with E-state index in [-0.39, 0.29) is 40.4 Å². The fourth-order valence-corrected chi connectivity index (χ4v) is 3.18. The second-order valence-corrected chi connectivity index (χ2v) is 7.21. The summed E-state index contributed by atoms with van der Waals surface area (Å²) in [4.78, 5) is 24.6. The molecule has 6 heteroatoms. The molecule has 0 atom stereocenters. The number of aromatic hydroxyl groups is 1. The number of carbonyl (C=O) groups is 1. The van der Waals surface area contributed by atoms with Gasteiger partial charge >= 0.3 is 0 Å². The summed E-state index contributed by atoms with van der Waals surface area (Å²) in [5.41, 5.74) is 2.69. The van der Waals surface area contributed by atoms with Crippen LogP contribution in [0.15, 0.2) is 82.0 Å². The quantitative estimate of drug-likeness (QED) is 0.493. The summed E-state index contributed by atoms with van der Waals surface area (Å²) in [5, 5.41) is 13.1. The molecule has 6 nitrogen and oxygen atoms in total. The van der Waals surface area contributed by atoms with E-state index < -0.39 is 0 Å². The smallest absolute Gasteiger partial charge is 0.258 e. The third-order valence-electron chi connectivity index (χ3n) is 4.82. The van der Waals surface area contributed by atoms with Crippen molar-refractivity contribution in [1.82, 2.24) is 5.32 Å². The van der Waals surface area contributed by atoms with Crippen molar-refractivity contribution in [3.63, 3.8) is 0 Å². The van der Waals surface area contributed by atoms with Crippen LogP contribution in [0.3, 0.4) is 0 Å². The first kappa shape index (κ1) is 20.2. The molecule has 1 heterocycles. The number of benzene rings is 3. The minimum atomic E-state index is -0.361. The summed E-state index contributed by atoms with van der Waals surface area (Å²) in [7, 11) is 0. The van der Waals surface area contributed by atoms with Crippen LogP contribution in [0.1, 0.15) is 11.1 Å². The van der Waals surface area contributed by atoms with Gasteiger partial charge in [0.1, 0.15) is 28.2 Å². The minimum absolute atomic E-state index is 0.0656. The Bertz CT molecular complexity index is 1280. The summed E-state index contributed by atoms with van der Waals surface area (Å²) in [6.07, 6.45) is 0. The predicted octanol–water partition coefficient (Wildman–Crippen LogP) is 4.17. The van der Waals surface area contributed by atoms with Gasteiger partial charge in [-0.1, -0.05) is 60.2 Å². The number of phenolic OH excluding ortho intramolecular Hbond substituents is 1. The molecule has 4 rings (SSSR count). The number of carbonyl (C=O) groups excluding carboxylic acids is 1. The fourth-order valence-electron chi connectivity index (χ4n) is 3.18. The maximum atomic E-state index is 12.5. The number of hydrogen-bond donors (Lipinski definition) is 2. The molecule has 0 radical (unpaired) electrons. The van der Waals surface area contributed by atoms with E-state index in [1.807, 2.05) is 61.5 Å². The molecule has 3 aromatic carbocycles. The lowest BCUT2D eigenvalue weighted by Crippen LogP contribution is -2.28. The zero-order chi connectivity index (χ0) is 21.8. The van der Waals surface area contributed by atoms with Crippen molar-refractivity contribution in [3.05, 3.63) is 94.1 Å². The van der Waals surface area contributed by atoms with E-state index >= 15 is 0 Å². The van der Waals surface area contributed by atoms with Crippen molar-refractivity contribution in [2.24, 2.45) is 0 Å². The van der Waals surface area contributed by atoms with Crippen molar-refractivity contribution >= 4 is 16.9 Å². The van der Waals surface area contributed by atoms with Gasteiger partial charge in [0.25, 0.3) is 5.91 Å². The first-order chi connectivity index (χ1) is 15.0. The maximum absolute atomic E-state index is 12.5. The topological polar surface area (TPSA) is 88.8 Å². The molecular formula is C25H21NO5. The standard InChI is InChI=1S/C25H21NO5/c1-16-7-9-17(10-8-16)14-26-24(29)15-30-19-11-20(27)25-21(28)13-22(31-23(25)12-19)18-5-3-2-4-6-18/h2-13,27H,14-15H2,1H3,(H,26,29). The molecule has 0 aliphatic rings. The van der Waals surface area contributed by atoms with E-state index in [1.54, 1.807) is 0 Å². The van der Waals surface area contributed by atoms with Gasteiger partial charge in [0.2, 0.25) is 0 Å². The van der Waals surface area contributed by atoms with Gasteiger partial charge in [-0.15, -0.1) is 0 Å². The van der Waals surface area contributed by atoms with Crippen LogP contribution in [0.5, 0.6) is 11.5 Å². The third-order valence-corrected chi connectivity index (χ3v) is 4.82. The summed E-state index contributed by atoms with van der Waals surface area (Å²) in [5.74, 6) is 0.0370. The molecule has 4 aromatic rings. The molecule has 1 amide bonds. The monoisotopic (exact) mass is 415 g/mol. The van der Waals surface area contributed by atoms with Crippen LogP contribution in [0.25, 0.3) is 22.3 Å². The first-order valence-corrected chi connectivity index (χ1v) is 9.81. The second-order valence-electron chi connectivity index (χ2n) is 7.21. The van der Waals surface area contributed by atoms with E-state index in [0.29, 0.717) is 12.3 Å². The minimum Gasteiger partial charge on any atom is -0.507 e. The van der Waals surface area contributed by atoms with Gasteiger partial charge in [-0.3, -0.25) is 9.59 Å². The van der Waals surface area contributed by atoms with Crippen molar-refractivity contribution in [2.45, 2.75) is 13.5 Å². The highest BCUT2D eigenvalue weighted by molar-refractivity contribution is 5.86. The summed E-state index contributed by atoms with van der Waals surface area (Å²) in [6.45, 7) is 2.15. The average Bonchev–Trinajstić information content (AvgIpc) is 2.77. The molecule has 0 spiro atoms. The highest BCUT2D eigenvalue weighted by atomic mass is 16.5. The van der Waals surface area contributed by atoms with Crippen LogP contribution in [0.2, 0.25) is 0 Å². The van der Waals surface area contributed by atoms with E-state index in [4.69, 9.17) is 9.15 Å². The van der Waals surface area contributed by atoms with Crippen molar-refractivity contribution < 1.29 is 19.1 Å². The third kappa shape index (κ3) is 4.75. The van der Waals surface area contributed by atoms with Crippen molar-refractivity contribution in [3.8, 4) is 22.8 Å². The molecule has 2 N–H and O–H groups in total. The van der Waals surface area contributed by atoms with Crippen LogP contribution >= 0.6 is 0 Å². The molecule has 0 aliphatic carbocycles. The molecule has 0 unspecified atom stereocenters. The normalized spacial score (nSPS) is 10.7. The van der Waals surface area contributed by atoms with Gasteiger partial charge in [0.15, 0.2) is 12.0 Å². The Balaban J connectivity index is 1.49. The Morgan fingerprint density at radius 2 is 1.77 bits per heavy atom. The summed E-state index contributed by atoms with van der Waals surface area (Å²) < 4.78 is 11.3. The lowest BCUT2D eigenvalue weighted by Gasteiger charge is -2.10. The predicted molar refractivity (Wildman–Crippen MR) is 118 cm³/mol. The van der Waals surface area contributed by atoms with Crippen molar-refractivity contribution in [2.75, 3.05) is 6.61 Å². The lowest BCUT2D eigenvalue weighted by molar-refractivity contribution is -0.123. The Kier molecular flexibility index (Phi) is 5.71. The number of phenols is 1. The number of rotatable bonds is 6. The Labute approximate surface area is 178 Å². The Morgan fingerprint density at radius 1 is 1.03 bits per heavy atom. The summed E-state index contributed by atoms with van der Waals surface area (Å²) in [6, 6.07) is 21.2. The second kappa shape index (κ2) is 8.75. The van der Waals surface area contributed by atoms with Crippen LogP contribution < -0.4 is 15.5 Å². The Hall–Kier alpha value is -4.06. The molecule has 0 saturated heterocycles. The zero-order valence-corrected chi connectivity index (χ0v) is 16.9. The SMILES string of the molecule is Cc1ccc(CNC(=O)COc2cc(O)c3c(=O)cc(-c4ccccc4)oc3c2)cc1. The first-order valence-electron chi connectivity index (χ1n) is 9.81. The summed E-state index contributed by atoms with van der Waals surface area (Å²) >= 11 is 0. The highest BCUT2D eigenvalue weighted by Gasteiger charge is 2.13. The number of amides is 1. The zero-order valence-electron chi connectivity index (χ0n) is 16.9. The van der Waals surface area contributed by atoms with Crippen LogP contribution in [-0.2, 0) is 11.3 Å². The number of ether oxygens (including phenoxy) is 1. The molecule has 0 bridgehead atoms. The largest absolute Gasteiger partial charge is 0.507 e. The van der Waals surface area contributed by atoms with Gasteiger partial charge in [0, 0.05) is 30.3 Å². The number of hydrogen-bond acceptors (Lipinski definition) is 5. The maximum Gasteiger partial charge on any atom is 0.258 e. The van der Waals surface area contributed by atoms with Crippen LogP contribution in [0, 0.1) is 6.92 Å². The average molecular weight is 415 g/mol. The van der Waals surface area contributed by atoms with E-state index in [1.165, 1.54) is 18.2 Å². The molecular weight excluding hydrogens is 394 g/mol. The van der Waals surface area contributed by atoms with Crippen LogP contribution in [0.4, 0.5) is 0 Å². The molecule has 0 aliphatic heterocycles. The molecule has 1 aromatic heterocycles. The Morgan fingerprint density at radius 3 is 2.52 bits per heavy atom. The van der Waals surface area contributed by atoms with E-state index in [0.717, 1.165) is 16.7 Å². The van der Waals surface area contributed by atoms with E-state index in [9.17, 15) is 14.7 Å². The number of fused-ring (bicyclic) bond motifs is 1. The number of nitrogens with one attached hydrogen (secondary N) is 1. The van der Waals surface area contributed by atoms with Gasteiger partial charge in [0.05, 0.1) is 0 Å². The fraction of sp³-hybridized carbons (Fsp3) is 0.120. The molecule has 0 fully saturated rings. The molecule has 31 heavy (non-hydrogen) atoms. The number of aryl methyl sites for hydroxylation is 1. The lowest BCUT2D eigenvalue weighted by atomic mass is 10.1. The van der Waals surface area contributed by atoms with Crippen LogP contribution in [-0.4, -0.2) is 17.6 Å². The van der Waals surface area contributed by atoms with E-state index in [2.05, 4.69) is 5.32 Å². The highest BCUT2D eigenvalue weighted by Crippen LogP contribution is 2.31. The van der Waals surface area contributed by atoms with Gasteiger partial charge in [-0.2, -0.15) is 0 Å².